The van der Waals surface area contributed by atoms with Crippen LogP contribution >= 0.6 is 0 Å². The Kier molecular flexibility index (Phi) is 1.37. The van der Waals surface area contributed by atoms with Gasteiger partial charge >= 0.3 is 0 Å². The van der Waals surface area contributed by atoms with Gasteiger partial charge in [-0.05, 0) is 51.4 Å². The third kappa shape index (κ3) is 0.816. The zero-order valence-corrected chi connectivity index (χ0v) is 14.1. The maximum absolute atomic E-state index is 6.84. The van der Waals surface area contributed by atoms with Crippen molar-refractivity contribution in [3.8, 4) is 0 Å². The topological polar surface area (TPSA) is 43.5 Å². The molecule has 0 N–H and O–H groups in total. The van der Waals surface area contributed by atoms with Crippen molar-refractivity contribution < 1.29 is 18.9 Å². The maximum Gasteiger partial charge on any atom is 0.0993 e. The van der Waals surface area contributed by atoms with Gasteiger partial charge in [-0.15, -0.1) is 0 Å². The fourth-order valence-corrected chi connectivity index (χ4v) is 10.6. The summed E-state index contributed by atoms with van der Waals surface area (Å²) in [6, 6.07) is 0. The third-order valence-electron chi connectivity index (χ3n) is 11.1. The molecular weight excluding hydrogens is 304 g/mol. The van der Waals surface area contributed by atoms with E-state index in [2.05, 4.69) is 0 Å². The number of hydrogen-bond donors (Lipinski definition) is 0. The maximum atomic E-state index is 6.84. The zero-order chi connectivity index (χ0) is 15.3. The van der Waals surface area contributed by atoms with Crippen molar-refractivity contribution in [2.24, 2.45) is 21.7 Å². The number of epoxide rings is 2. The normalized spacial score (nSPS) is 80.0. The van der Waals surface area contributed by atoms with Crippen LogP contribution in [0, 0.1) is 21.7 Å². The molecule has 4 heteroatoms. The van der Waals surface area contributed by atoms with Crippen LogP contribution in [0.25, 0.3) is 0 Å². The Morgan fingerprint density at radius 3 is 0.875 bits per heavy atom. The van der Waals surface area contributed by atoms with Gasteiger partial charge in [0.2, 0.25) is 0 Å². The monoisotopic (exact) mass is 328 g/mol. The molecule has 0 bridgehead atoms. The van der Waals surface area contributed by atoms with Crippen LogP contribution in [0.15, 0.2) is 0 Å². The van der Waals surface area contributed by atoms with Crippen molar-refractivity contribution in [2.45, 2.75) is 73.8 Å². The van der Waals surface area contributed by atoms with Crippen LogP contribution in [-0.2, 0) is 18.9 Å². The van der Waals surface area contributed by atoms with Gasteiger partial charge in [-0.3, -0.25) is 0 Å². The molecule has 8 fully saturated rings. The van der Waals surface area contributed by atoms with Crippen LogP contribution in [-0.4, -0.2) is 48.8 Å². The first-order valence-electron chi connectivity index (χ1n) is 10.0. The van der Waals surface area contributed by atoms with Crippen LogP contribution in [0.4, 0.5) is 0 Å². The van der Waals surface area contributed by atoms with Crippen LogP contribution in [0.3, 0.4) is 0 Å². The van der Waals surface area contributed by atoms with Crippen LogP contribution in [0.2, 0.25) is 0 Å². The lowest BCUT2D eigenvalue weighted by molar-refractivity contribution is 0.100. The first-order valence-corrected chi connectivity index (χ1v) is 10.0. The lowest BCUT2D eigenvalue weighted by atomic mass is 9.71. The van der Waals surface area contributed by atoms with E-state index in [0.717, 1.165) is 26.4 Å². The average molecular weight is 328 g/mol. The molecule has 0 unspecified atom stereocenters. The summed E-state index contributed by atoms with van der Waals surface area (Å²) in [6.45, 7) is 3.87. The molecule has 4 nitrogen and oxygen atoms in total. The smallest absolute Gasteiger partial charge is 0.0993 e. The summed E-state index contributed by atoms with van der Waals surface area (Å²) in [7, 11) is 0. The van der Waals surface area contributed by atoms with E-state index in [1.807, 2.05) is 0 Å². The minimum Gasteiger partial charge on any atom is -0.380 e. The van der Waals surface area contributed by atoms with E-state index in [1.165, 1.54) is 51.4 Å². The molecule has 4 heterocycles. The van der Waals surface area contributed by atoms with Gasteiger partial charge in [0.05, 0.1) is 48.8 Å². The summed E-state index contributed by atoms with van der Waals surface area (Å²) in [5, 5.41) is 0. The van der Waals surface area contributed by atoms with E-state index in [9.17, 15) is 0 Å². The Balaban J connectivity index is 1.34. The fourth-order valence-electron chi connectivity index (χ4n) is 10.6. The highest BCUT2D eigenvalue weighted by molar-refractivity contribution is 5.44. The second-order valence-electron chi connectivity index (χ2n) is 11.7. The quantitative estimate of drug-likeness (QED) is 0.640. The first kappa shape index (κ1) is 12.3. The second-order valence-corrected chi connectivity index (χ2v) is 11.7. The molecule has 0 atom stereocenters. The van der Waals surface area contributed by atoms with Gasteiger partial charge in [0.15, 0.2) is 0 Å². The molecule has 0 aromatic carbocycles. The van der Waals surface area contributed by atoms with Crippen LogP contribution in [0.1, 0.15) is 51.4 Å². The third-order valence-corrected chi connectivity index (χ3v) is 11.1. The minimum absolute atomic E-state index is 0.189. The van der Waals surface area contributed by atoms with E-state index in [1.54, 1.807) is 0 Å². The minimum atomic E-state index is 0.189. The van der Waals surface area contributed by atoms with E-state index in [4.69, 9.17) is 18.9 Å². The molecule has 0 amide bonds. The number of hydrogen-bond acceptors (Lipinski definition) is 4. The molecule has 4 aliphatic heterocycles. The molecule has 8 aliphatic rings. The van der Waals surface area contributed by atoms with Crippen molar-refractivity contribution in [1.82, 2.24) is 0 Å². The summed E-state index contributed by atoms with van der Waals surface area (Å²) < 4.78 is 25.9. The molecular formula is C20H24O4. The van der Waals surface area contributed by atoms with Crippen molar-refractivity contribution >= 4 is 0 Å². The van der Waals surface area contributed by atoms with Gasteiger partial charge in [0.1, 0.15) is 0 Å². The van der Waals surface area contributed by atoms with E-state index in [0.29, 0.717) is 21.7 Å². The Morgan fingerprint density at radius 2 is 0.625 bits per heavy atom. The SMILES string of the molecule is C1OCC23CC45CC12CC1(C3)OC12CC13COCC1(CC4(C3)O5)C2. The summed E-state index contributed by atoms with van der Waals surface area (Å²) >= 11 is 0. The summed E-state index contributed by atoms with van der Waals surface area (Å²) in [6.07, 6.45) is 10.1. The van der Waals surface area contributed by atoms with Gasteiger partial charge in [-0.25, -0.2) is 0 Å². The molecule has 0 aromatic rings. The molecule has 4 saturated carbocycles. The molecule has 4 saturated heterocycles. The van der Waals surface area contributed by atoms with Gasteiger partial charge < -0.3 is 18.9 Å². The predicted molar refractivity (Wildman–Crippen MR) is 81.4 cm³/mol. The molecule has 24 heavy (non-hydrogen) atoms. The summed E-state index contributed by atoms with van der Waals surface area (Å²) in [5.41, 5.74) is 2.21. The van der Waals surface area contributed by atoms with Crippen molar-refractivity contribution in [3.05, 3.63) is 0 Å². The molecule has 128 valence electrons. The van der Waals surface area contributed by atoms with Crippen LogP contribution in [0.5, 0.6) is 0 Å². The summed E-state index contributed by atoms with van der Waals surface area (Å²) in [4.78, 5) is 0. The second kappa shape index (κ2) is 2.67. The Labute approximate surface area is 141 Å². The number of ether oxygens (including phenoxy) is 4. The molecule has 0 aromatic heterocycles. The zero-order valence-electron chi connectivity index (χ0n) is 14.1. The lowest BCUT2D eigenvalue weighted by Gasteiger charge is -2.29. The highest BCUT2D eigenvalue weighted by atomic mass is 16.6. The lowest BCUT2D eigenvalue weighted by Crippen LogP contribution is -2.36. The van der Waals surface area contributed by atoms with Crippen molar-refractivity contribution in [1.29, 1.82) is 0 Å². The standard InChI is InChI=1S/C20H24O4/c1-13-2-19-4-14(13,10-21-9-13)3-17(1)18(23-17)5-15-7-20(19,24-19)8-16(15,6-18)12-22-11-15/h1-12H2. The van der Waals surface area contributed by atoms with E-state index < -0.39 is 0 Å². The molecule has 0 radical (unpaired) electrons. The van der Waals surface area contributed by atoms with Gasteiger partial charge in [-0.1, -0.05) is 0 Å². The first-order chi connectivity index (χ1) is 11.5. The van der Waals surface area contributed by atoms with Gasteiger partial charge in [0.25, 0.3) is 0 Å². The highest BCUT2D eigenvalue weighted by Gasteiger charge is 2.96. The van der Waals surface area contributed by atoms with Crippen molar-refractivity contribution in [2.75, 3.05) is 26.4 Å². The molecule has 4 spiro atoms. The van der Waals surface area contributed by atoms with Gasteiger partial charge in [-0.2, -0.15) is 0 Å². The number of fused-ring (bicyclic) bond motifs is 2. The highest BCUT2D eigenvalue weighted by Crippen LogP contribution is 2.91. The van der Waals surface area contributed by atoms with Crippen molar-refractivity contribution in [3.63, 3.8) is 0 Å². The summed E-state index contributed by atoms with van der Waals surface area (Å²) in [5.74, 6) is 0. The fraction of sp³-hybridized carbons (Fsp3) is 1.00. The van der Waals surface area contributed by atoms with E-state index in [-0.39, 0.29) is 22.4 Å². The molecule has 8 rings (SSSR count). The predicted octanol–water partition coefficient (Wildman–Crippen LogP) is 2.20. The van der Waals surface area contributed by atoms with Gasteiger partial charge in [0, 0.05) is 21.7 Å². The number of rotatable bonds is 0. The molecule has 4 aliphatic carbocycles. The average Bonchev–Trinajstić information content (AvgIpc) is 2.75. The largest absolute Gasteiger partial charge is 0.380 e. The Morgan fingerprint density at radius 1 is 0.375 bits per heavy atom. The Bertz CT molecular complexity index is 620. The van der Waals surface area contributed by atoms with E-state index >= 15 is 0 Å². The van der Waals surface area contributed by atoms with Crippen LogP contribution < -0.4 is 0 Å². The Hall–Kier alpha value is -0.160.